The predicted molar refractivity (Wildman–Crippen MR) is 84.3 cm³/mol. The summed E-state index contributed by atoms with van der Waals surface area (Å²) in [6.45, 7) is 4.66. The summed E-state index contributed by atoms with van der Waals surface area (Å²) in [6.07, 6.45) is 2.24. The van der Waals surface area contributed by atoms with Crippen molar-refractivity contribution in [2.24, 2.45) is 5.73 Å². The van der Waals surface area contributed by atoms with Gasteiger partial charge in [0.15, 0.2) is 0 Å². The normalized spacial score (nSPS) is 10.5. The lowest BCUT2D eigenvalue weighted by atomic mass is 10.1. The fourth-order valence-electron chi connectivity index (χ4n) is 1.69. The molecular weight excluding hydrogens is 274 g/mol. The van der Waals surface area contributed by atoms with Crippen LogP contribution in [0.2, 0.25) is 0 Å². The lowest BCUT2D eigenvalue weighted by molar-refractivity contribution is 0.0396. The second kappa shape index (κ2) is 9.69. The summed E-state index contributed by atoms with van der Waals surface area (Å²) >= 11 is 5.01. The van der Waals surface area contributed by atoms with E-state index in [2.05, 4.69) is 6.92 Å². The third-order valence-corrected chi connectivity index (χ3v) is 3.03. The van der Waals surface area contributed by atoms with Crippen LogP contribution in [0.4, 0.5) is 0 Å². The van der Waals surface area contributed by atoms with E-state index in [1.165, 1.54) is 0 Å². The molecule has 0 spiro atoms. The maximum Gasteiger partial charge on any atom is 0.129 e. The summed E-state index contributed by atoms with van der Waals surface area (Å²) in [5.41, 5.74) is 7.43. The number of rotatable bonds is 10. The Hall–Kier alpha value is -1.17. The van der Waals surface area contributed by atoms with Gasteiger partial charge in [-0.3, -0.25) is 0 Å². The van der Waals surface area contributed by atoms with Gasteiger partial charge in [0.05, 0.1) is 32.5 Å². The molecule has 5 heteroatoms. The van der Waals surface area contributed by atoms with Crippen LogP contribution >= 0.6 is 12.2 Å². The molecule has 0 aliphatic carbocycles. The molecule has 4 nitrogen and oxygen atoms in total. The molecule has 112 valence electrons. The molecule has 0 unspecified atom stereocenters. The molecule has 0 saturated heterocycles. The summed E-state index contributed by atoms with van der Waals surface area (Å²) in [6, 6.07) is 5.70. The van der Waals surface area contributed by atoms with Crippen LogP contribution in [0.25, 0.3) is 0 Å². The molecule has 2 N–H and O–H groups in total. The number of methoxy groups -OCH3 is 1. The lowest BCUT2D eigenvalue weighted by Crippen LogP contribution is -2.12. The van der Waals surface area contributed by atoms with Gasteiger partial charge in [-0.1, -0.05) is 31.6 Å². The molecule has 1 rings (SSSR count). The molecule has 1 aromatic rings. The maximum atomic E-state index is 5.67. The largest absolute Gasteiger partial charge is 0.496 e. The van der Waals surface area contributed by atoms with Crippen molar-refractivity contribution in [3.8, 4) is 5.75 Å². The zero-order chi connectivity index (χ0) is 14.8. The molecule has 0 bridgehead atoms. The number of hydrogen-bond donors (Lipinski definition) is 1. The molecule has 0 heterocycles. The van der Waals surface area contributed by atoms with E-state index in [4.69, 9.17) is 32.2 Å². The third kappa shape index (κ3) is 5.86. The van der Waals surface area contributed by atoms with Crippen molar-refractivity contribution in [3.05, 3.63) is 29.3 Å². The van der Waals surface area contributed by atoms with Gasteiger partial charge in [0, 0.05) is 6.61 Å². The number of thiocarbonyl (C=S) groups is 1. The first-order chi connectivity index (χ1) is 9.69. The Bertz CT molecular complexity index is 424. The minimum Gasteiger partial charge on any atom is -0.496 e. The summed E-state index contributed by atoms with van der Waals surface area (Å²) in [5, 5.41) is 0. The highest BCUT2D eigenvalue weighted by Crippen LogP contribution is 2.20. The molecule has 0 aliphatic heterocycles. The standard InChI is InChI=1S/C15H23NO3S/c1-3-4-7-18-8-9-19-11-12-5-6-14(17-2)13(10-12)15(16)20/h5-6,10H,3-4,7-9,11H2,1-2H3,(H2,16,20). The van der Waals surface area contributed by atoms with Gasteiger partial charge < -0.3 is 19.9 Å². The van der Waals surface area contributed by atoms with Crippen LogP contribution in [0.5, 0.6) is 5.75 Å². The van der Waals surface area contributed by atoms with Crippen LogP contribution < -0.4 is 10.5 Å². The number of unbranched alkanes of at least 4 members (excludes halogenated alkanes) is 1. The van der Waals surface area contributed by atoms with E-state index in [1.807, 2.05) is 18.2 Å². The fraction of sp³-hybridized carbons (Fsp3) is 0.533. The van der Waals surface area contributed by atoms with Crippen LogP contribution in [-0.2, 0) is 16.1 Å². The number of nitrogens with two attached hydrogens (primary N) is 1. The molecule has 0 radical (unpaired) electrons. The van der Waals surface area contributed by atoms with Crippen molar-refractivity contribution in [3.63, 3.8) is 0 Å². The zero-order valence-corrected chi connectivity index (χ0v) is 13.0. The molecular formula is C15H23NO3S. The van der Waals surface area contributed by atoms with E-state index in [1.54, 1.807) is 7.11 Å². The molecule has 0 fully saturated rings. The van der Waals surface area contributed by atoms with E-state index in [0.29, 0.717) is 30.6 Å². The summed E-state index contributed by atoms with van der Waals surface area (Å²) in [4.78, 5) is 0.326. The molecule has 0 saturated carbocycles. The van der Waals surface area contributed by atoms with Gasteiger partial charge in [-0.25, -0.2) is 0 Å². The zero-order valence-electron chi connectivity index (χ0n) is 12.2. The van der Waals surface area contributed by atoms with E-state index >= 15 is 0 Å². The minimum absolute atomic E-state index is 0.326. The average molecular weight is 297 g/mol. The first-order valence-corrected chi connectivity index (χ1v) is 7.22. The first-order valence-electron chi connectivity index (χ1n) is 6.81. The molecule has 1 aromatic carbocycles. The highest BCUT2D eigenvalue weighted by Gasteiger charge is 2.07. The SMILES string of the molecule is CCCCOCCOCc1ccc(OC)c(C(N)=S)c1. The van der Waals surface area contributed by atoms with Gasteiger partial charge >= 0.3 is 0 Å². The Morgan fingerprint density at radius 2 is 1.95 bits per heavy atom. The Morgan fingerprint density at radius 1 is 1.20 bits per heavy atom. The predicted octanol–water partition coefficient (Wildman–Crippen LogP) is 2.66. The number of ether oxygens (including phenoxy) is 3. The third-order valence-electron chi connectivity index (χ3n) is 2.81. The average Bonchev–Trinajstić information content (AvgIpc) is 2.46. The summed E-state index contributed by atoms with van der Waals surface area (Å²) in [7, 11) is 1.60. The fourth-order valence-corrected chi connectivity index (χ4v) is 1.85. The molecule has 0 aliphatic rings. The first kappa shape index (κ1) is 16.9. The van der Waals surface area contributed by atoms with Gasteiger partial charge in [-0.05, 0) is 24.1 Å². The van der Waals surface area contributed by atoms with Crippen molar-refractivity contribution >= 4 is 17.2 Å². The quantitative estimate of drug-likeness (QED) is 0.531. The van der Waals surface area contributed by atoms with Crippen LogP contribution in [-0.4, -0.2) is 31.9 Å². The van der Waals surface area contributed by atoms with E-state index < -0.39 is 0 Å². The second-order valence-electron chi connectivity index (χ2n) is 4.42. The number of benzene rings is 1. The maximum absolute atomic E-state index is 5.67. The van der Waals surface area contributed by atoms with Crippen molar-refractivity contribution in [2.45, 2.75) is 26.4 Å². The Kier molecular flexibility index (Phi) is 8.18. The Morgan fingerprint density at radius 3 is 2.60 bits per heavy atom. The van der Waals surface area contributed by atoms with E-state index in [-0.39, 0.29) is 0 Å². The minimum atomic E-state index is 0.326. The summed E-state index contributed by atoms with van der Waals surface area (Å²) < 4.78 is 16.2. The van der Waals surface area contributed by atoms with Crippen molar-refractivity contribution in [1.29, 1.82) is 0 Å². The topological polar surface area (TPSA) is 53.7 Å². The van der Waals surface area contributed by atoms with Crippen LogP contribution in [0.1, 0.15) is 30.9 Å². The van der Waals surface area contributed by atoms with Crippen LogP contribution in [0.15, 0.2) is 18.2 Å². The lowest BCUT2D eigenvalue weighted by Gasteiger charge is -2.10. The highest BCUT2D eigenvalue weighted by molar-refractivity contribution is 7.80. The van der Waals surface area contributed by atoms with E-state index in [0.717, 1.165) is 30.6 Å². The van der Waals surface area contributed by atoms with Crippen molar-refractivity contribution in [2.75, 3.05) is 26.9 Å². The molecule has 0 atom stereocenters. The van der Waals surface area contributed by atoms with Crippen LogP contribution in [0, 0.1) is 0 Å². The Labute approximate surface area is 126 Å². The van der Waals surface area contributed by atoms with Crippen LogP contribution in [0.3, 0.4) is 0 Å². The van der Waals surface area contributed by atoms with Crippen molar-refractivity contribution in [1.82, 2.24) is 0 Å². The molecule has 0 aromatic heterocycles. The van der Waals surface area contributed by atoms with Gasteiger partial charge in [0.25, 0.3) is 0 Å². The van der Waals surface area contributed by atoms with Gasteiger partial charge in [-0.2, -0.15) is 0 Å². The second-order valence-corrected chi connectivity index (χ2v) is 4.86. The van der Waals surface area contributed by atoms with Crippen molar-refractivity contribution < 1.29 is 14.2 Å². The Balaban J connectivity index is 2.37. The molecule has 0 amide bonds. The smallest absolute Gasteiger partial charge is 0.129 e. The summed E-state index contributed by atoms with van der Waals surface area (Å²) in [5.74, 6) is 0.684. The van der Waals surface area contributed by atoms with Gasteiger partial charge in [0.2, 0.25) is 0 Å². The molecule has 20 heavy (non-hydrogen) atoms. The number of hydrogen-bond acceptors (Lipinski definition) is 4. The van der Waals surface area contributed by atoms with Gasteiger partial charge in [0.1, 0.15) is 10.7 Å². The van der Waals surface area contributed by atoms with Gasteiger partial charge in [-0.15, -0.1) is 0 Å². The monoisotopic (exact) mass is 297 g/mol. The van der Waals surface area contributed by atoms with E-state index in [9.17, 15) is 0 Å². The highest BCUT2D eigenvalue weighted by atomic mass is 32.1.